The van der Waals surface area contributed by atoms with E-state index in [2.05, 4.69) is 5.10 Å². The highest BCUT2D eigenvalue weighted by molar-refractivity contribution is 6.32. The number of halogens is 1. The van der Waals surface area contributed by atoms with E-state index in [1.807, 2.05) is 41.5 Å². The lowest BCUT2D eigenvalue weighted by Gasteiger charge is -2.15. The number of carbonyl (C=O) groups is 1. The average molecular weight is 375 g/mol. The molecule has 0 radical (unpaired) electrons. The lowest BCUT2D eigenvalue weighted by molar-refractivity contribution is 0.103. The van der Waals surface area contributed by atoms with Crippen molar-refractivity contribution in [2.24, 2.45) is 0 Å². The molecule has 0 spiro atoms. The molecule has 0 atom stereocenters. The summed E-state index contributed by atoms with van der Waals surface area (Å²) in [5, 5.41) is 4.96. The molecular formula is C21H27ClN2O2. The highest BCUT2D eigenvalue weighted by Crippen LogP contribution is 2.33. The first kappa shape index (κ1) is 20.2. The van der Waals surface area contributed by atoms with Crippen LogP contribution in [-0.2, 0) is 6.54 Å². The van der Waals surface area contributed by atoms with Crippen molar-refractivity contribution in [1.29, 1.82) is 0 Å². The van der Waals surface area contributed by atoms with Gasteiger partial charge in [-0.15, -0.1) is 0 Å². The molecule has 4 nitrogen and oxygen atoms in total. The number of nitrogens with zero attached hydrogens (tertiary/aromatic N) is 2. The van der Waals surface area contributed by atoms with Gasteiger partial charge in [-0.25, -0.2) is 4.68 Å². The van der Waals surface area contributed by atoms with E-state index in [0.717, 1.165) is 23.1 Å². The van der Waals surface area contributed by atoms with Crippen LogP contribution in [0, 0.1) is 6.92 Å². The van der Waals surface area contributed by atoms with Crippen LogP contribution in [-0.4, -0.2) is 22.2 Å². The molecule has 2 aromatic rings. The maximum absolute atomic E-state index is 13.2. The quantitative estimate of drug-likeness (QED) is 0.584. The summed E-state index contributed by atoms with van der Waals surface area (Å²) in [5.74, 6) is 0.446. The van der Waals surface area contributed by atoms with Gasteiger partial charge in [0, 0.05) is 17.1 Å². The average Bonchev–Trinajstić information content (AvgIpc) is 3.02. The zero-order valence-corrected chi connectivity index (χ0v) is 17.2. The third-order valence-electron chi connectivity index (χ3n) is 4.56. The first-order chi connectivity index (χ1) is 12.3. The van der Waals surface area contributed by atoms with Gasteiger partial charge in [0.25, 0.3) is 0 Å². The largest absolute Gasteiger partial charge is 0.477 e. The van der Waals surface area contributed by atoms with Crippen molar-refractivity contribution in [1.82, 2.24) is 9.78 Å². The van der Waals surface area contributed by atoms with Crippen molar-refractivity contribution in [3.8, 4) is 5.88 Å². The Morgan fingerprint density at radius 2 is 1.88 bits per heavy atom. The smallest absolute Gasteiger partial charge is 0.223 e. The molecule has 0 aliphatic heterocycles. The van der Waals surface area contributed by atoms with Crippen LogP contribution in [0.5, 0.6) is 5.88 Å². The second-order valence-electron chi connectivity index (χ2n) is 6.58. The zero-order chi connectivity index (χ0) is 19.4. The Kier molecular flexibility index (Phi) is 6.65. The van der Waals surface area contributed by atoms with Crippen LogP contribution >= 0.6 is 11.6 Å². The Hall–Kier alpha value is -2.07. The van der Waals surface area contributed by atoms with Gasteiger partial charge >= 0.3 is 0 Å². The van der Waals surface area contributed by atoms with Crippen LogP contribution in [0.3, 0.4) is 0 Å². The molecule has 26 heavy (non-hydrogen) atoms. The number of carbonyl (C=O) groups excluding carboxylic acids is 1. The third kappa shape index (κ3) is 3.85. The number of hydrogen-bond donors (Lipinski definition) is 0. The Balaban J connectivity index is 2.57. The fourth-order valence-corrected chi connectivity index (χ4v) is 3.23. The number of ketones is 1. The molecule has 0 bridgehead atoms. The van der Waals surface area contributed by atoms with Gasteiger partial charge in [0.2, 0.25) is 5.88 Å². The van der Waals surface area contributed by atoms with Crippen molar-refractivity contribution < 1.29 is 9.53 Å². The number of benzene rings is 1. The summed E-state index contributed by atoms with van der Waals surface area (Å²) < 4.78 is 7.53. The van der Waals surface area contributed by atoms with Gasteiger partial charge in [0.1, 0.15) is 5.56 Å². The van der Waals surface area contributed by atoms with E-state index in [0.29, 0.717) is 35.2 Å². The molecule has 0 N–H and O–H groups in total. The van der Waals surface area contributed by atoms with Gasteiger partial charge in [-0.2, -0.15) is 5.10 Å². The van der Waals surface area contributed by atoms with Crippen LogP contribution in [0.1, 0.15) is 68.1 Å². The van der Waals surface area contributed by atoms with Crippen molar-refractivity contribution in [2.45, 2.75) is 54.5 Å². The highest BCUT2D eigenvalue weighted by atomic mass is 35.5. The second-order valence-corrected chi connectivity index (χ2v) is 6.98. The first-order valence-electron chi connectivity index (χ1n) is 9.00. The molecule has 1 aromatic carbocycles. The van der Waals surface area contributed by atoms with Crippen molar-refractivity contribution in [3.05, 3.63) is 51.2 Å². The Bertz CT molecular complexity index is 846. The van der Waals surface area contributed by atoms with Gasteiger partial charge in [-0.3, -0.25) is 4.79 Å². The summed E-state index contributed by atoms with van der Waals surface area (Å²) in [4.78, 5) is 13.2. The normalized spacial score (nSPS) is 10.7. The summed E-state index contributed by atoms with van der Waals surface area (Å²) in [6.45, 7) is 13.3. The van der Waals surface area contributed by atoms with Gasteiger partial charge in [-0.1, -0.05) is 24.1 Å². The first-order valence-corrected chi connectivity index (χ1v) is 9.38. The SMILES string of the molecule is CCCOc1c(C(=O)c2ccc(Cl)c(C(C)=C(C)C)c2C)cnn1CC. The van der Waals surface area contributed by atoms with E-state index < -0.39 is 0 Å². The summed E-state index contributed by atoms with van der Waals surface area (Å²) in [5.41, 5.74) is 5.19. The van der Waals surface area contributed by atoms with E-state index in [1.54, 1.807) is 23.0 Å². The predicted molar refractivity (Wildman–Crippen MR) is 107 cm³/mol. The van der Waals surface area contributed by atoms with E-state index in [4.69, 9.17) is 16.3 Å². The fraction of sp³-hybridized carbons (Fsp3) is 0.429. The molecule has 0 saturated carbocycles. The molecule has 0 aliphatic carbocycles. The van der Waals surface area contributed by atoms with Crippen molar-refractivity contribution in [3.63, 3.8) is 0 Å². The number of aromatic nitrogens is 2. The van der Waals surface area contributed by atoms with E-state index in [1.165, 1.54) is 5.57 Å². The van der Waals surface area contributed by atoms with Gasteiger partial charge in [0.15, 0.2) is 5.78 Å². The summed E-state index contributed by atoms with van der Waals surface area (Å²) in [6.07, 6.45) is 2.46. The Morgan fingerprint density at radius 1 is 1.19 bits per heavy atom. The van der Waals surface area contributed by atoms with Crippen LogP contribution in [0.4, 0.5) is 0 Å². The second kappa shape index (κ2) is 8.54. The number of ether oxygens (including phenoxy) is 1. The van der Waals surface area contributed by atoms with Gasteiger partial charge < -0.3 is 4.74 Å². The molecule has 1 aromatic heterocycles. The number of rotatable bonds is 7. The lowest BCUT2D eigenvalue weighted by atomic mass is 9.92. The molecule has 0 unspecified atom stereocenters. The predicted octanol–water partition coefficient (Wildman–Crippen LogP) is 5.70. The van der Waals surface area contributed by atoms with E-state index in [9.17, 15) is 4.79 Å². The van der Waals surface area contributed by atoms with E-state index in [-0.39, 0.29) is 5.78 Å². The molecule has 0 amide bonds. The van der Waals surface area contributed by atoms with Crippen LogP contribution in [0.25, 0.3) is 5.57 Å². The summed E-state index contributed by atoms with van der Waals surface area (Å²) in [7, 11) is 0. The summed E-state index contributed by atoms with van der Waals surface area (Å²) >= 11 is 6.43. The molecular weight excluding hydrogens is 348 g/mol. The molecule has 5 heteroatoms. The molecule has 2 rings (SSSR count). The molecule has 0 aliphatic rings. The maximum atomic E-state index is 13.2. The number of allylic oxidation sites excluding steroid dienone is 2. The number of aryl methyl sites for hydroxylation is 1. The Morgan fingerprint density at radius 3 is 2.46 bits per heavy atom. The molecule has 140 valence electrons. The van der Waals surface area contributed by atoms with Gasteiger partial charge in [0.05, 0.1) is 12.8 Å². The Labute approximate surface area is 160 Å². The van der Waals surface area contributed by atoms with Crippen molar-refractivity contribution >= 4 is 23.0 Å². The standard InChI is InChI=1S/C21H27ClN2O2/c1-7-11-26-21-17(12-23-24(21)8-2)20(25)16-9-10-18(22)19(15(16)6)14(5)13(3)4/h9-10,12H,7-8,11H2,1-6H3. The topological polar surface area (TPSA) is 44.1 Å². The minimum atomic E-state index is -0.0900. The minimum Gasteiger partial charge on any atom is -0.477 e. The highest BCUT2D eigenvalue weighted by Gasteiger charge is 2.23. The van der Waals surface area contributed by atoms with E-state index >= 15 is 0 Å². The van der Waals surface area contributed by atoms with Crippen LogP contribution < -0.4 is 4.74 Å². The molecule has 0 saturated heterocycles. The molecule has 0 fully saturated rings. The monoisotopic (exact) mass is 374 g/mol. The maximum Gasteiger partial charge on any atom is 0.223 e. The minimum absolute atomic E-state index is 0.0900. The fourth-order valence-electron chi connectivity index (χ4n) is 2.89. The van der Waals surface area contributed by atoms with Crippen LogP contribution in [0.15, 0.2) is 23.9 Å². The van der Waals surface area contributed by atoms with Crippen molar-refractivity contribution in [2.75, 3.05) is 6.61 Å². The summed E-state index contributed by atoms with van der Waals surface area (Å²) in [6, 6.07) is 3.58. The third-order valence-corrected chi connectivity index (χ3v) is 4.88. The van der Waals surface area contributed by atoms with Gasteiger partial charge in [-0.05, 0) is 69.9 Å². The number of hydrogen-bond acceptors (Lipinski definition) is 3. The van der Waals surface area contributed by atoms with Crippen LogP contribution in [0.2, 0.25) is 5.02 Å². The zero-order valence-electron chi connectivity index (χ0n) is 16.4. The lowest BCUT2D eigenvalue weighted by Crippen LogP contribution is -2.10. The molecule has 1 heterocycles.